The van der Waals surface area contributed by atoms with Gasteiger partial charge in [-0.2, -0.15) is 0 Å². The van der Waals surface area contributed by atoms with Crippen LogP contribution in [0, 0.1) is 0 Å². The Labute approximate surface area is 163 Å². The fraction of sp³-hybridized carbons (Fsp3) is 0.263. The summed E-state index contributed by atoms with van der Waals surface area (Å²) >= 11 is 11.8. The summed E-state index contributed by atoms with van der Waals surface area (Å²) in [4.78, 5) is 24.0. The highest BCUT2D eigenvalue weighted by atomic mass is 35.5. The molecule has 0 aromatic heterocycles. The predicted octanol–water partition coefficient (Wildman–Crippen LogP) is 4.57. The van der Waals surface area contributed by atoms with Crippen LogP contribution in [0.4, 0.5) is 11.4 Å². The number of hydrogen-bond acceptors (Lipinski definition) is 3. The van der Waals surface area contributed by atoms with Gasteiger partial charge in [0.25, 0.3) is 5.91 Å². The normalized spacial score (nSPS) is 11.5. The molecule has 138 valence electrons. The molecular weight excluding hydrogens is 373 g/mol. The van der Waals surface area contributed by atoms with Crippen molar-refractivity contribution in [1.29, 1.82) is 0 Å². The summed E-state index contributed by atoms with van der Waals surface area (Å²) < 4.78 is 0. The van der Waals surface area contributed by atoms with Gasteiger partial charge in [-0.25, -0.2) is 0 Å². The summed E-state index contributed by atoms with van der Waals surface area (Å²) in [5, 5.41) is 9.53. The van der Waals surface area contributed by atoms with E-state index in [0.29, 0.717) is 21.3 Å². The molecule has 5 nitrogen and oxygen atoms in total. The Balaban J connectivity index is 1.87. The molecule has 2 amide bonds. The van der Waals surface area contributed by atoms with Crippen LogP contribution in [0.15, 0.2) is 42.5 Å². The fourth-order valence-electron chi connectivity index (χ4n) is 2.16. The lowest BCUT2D eigenvalue weighted by Gasteiger charge is -2.12. The van der Waals surface area contributed by atoms with Crippen LogP contribution in [-0.4, -0.2) is 24.4 Å². The molecule has 3 N–H and O–H groups in total. The van der Waals surface area contributed by atoms with Crippen LogP contribution in [0.25, 0.3) is 0 Å². The van der Waals surface area contributed by atoms with Gasteiger partial charge in [0.2, 0.25) is 5.91 Å². The summed E-state index contributed by atoms with van der Waals surface area (Å²) in [5.41, 5.74) is 1.85. The maximum Gasteiger partial charge on any atom is 0.251 e. The zero-order valence-corrected chi connectivity index (χ0v) is 16.1. The molecule has 7 heteroatoms. The van der Waals surface area contributed by atoms with Gasteiger partial charge in [-0.1, -0.05) is 30.1 Å². The molecular formula is C19H21Cl2N3O2. The van der Waals surface area contributed by atoms with Crippen molar-refractivity contribution >= 4 is 46.4 Å². The van der Waals surface area contributed by atoms with Crippen LogP contribution in [0.1, 0.15) is 30.6 Å². The molecule has 2 aromatic rings. The molecule has 0 bridgehead atoms. The van der Waals surface area contributed by atoms with Crippen molar-refractivity contribution in [2.75, 3.05) is 17.2 Å². The summed E-state index contributed by atoms with van der Waals surface area (Å²) in [6.07, 6.45) is 0.873. The van der Waals surface area contributed by atoms with Gasteiger partial charge < -0.3 is 16.0 Å². The average molecular weight is 394 g/mol. The Morgan fingerprint density at radius 2 is 1.62 bits per heavy atom. The topological polar surface area (TPSA) is 70.2 Å². The first-order chi connectivity index (χ1) is 12.4. The van der Waals surface area contributed by atoms with Crippen molar-refractivity contribution in [2.24, 2.45) is 0 Å². The Morgan fingerprint density at radius 3 is 2.19 bits per heavy atom. The summed E-state index contributed by atoms with van der Waals surface area (Å²) in [7, 11) is 0. The number of hydrogen-bond donors (Lipinski definition) is 3. The van der Waals surface area contributed by atoms with Crippen LogP contribution >= 0.6 is 23.2 Å². The third-order valence-electron chi connectivity index (χ3n) is 3.74. The molecule has 2 rings (SSSR count). The second kappa shape index (κ2) is 9.46. The van der Waals surface area contributed by atoms with E-state index in [9.17, 15) is 9.59 Å². The Morgan fingerprint density at radius 1 is 1.00 bits per heavy atom. The van der Waals surface area contributed by atoms with Gasteiger partial charge >= 0.3 is 0 Å². The highest BCUT2D eigenvalue weighted by Gasteiger charge is 2.09. The molecule has 0 aliphatic heterocycles. The van der Waals surface area contributed by atoms with E-state index < -0.39 is 0 Å². The minimum absolute atomic E-state index is 0.0720. The Kier molecular flexibility index (Phi) is 7.30. The molecule has 0 aliphatic rings. The summed E-state index contributed by atoms with van der Waals surface area (Å²) in [6, 6.07) is 11.9. The third kappa shape index (κ3) is 6.24. The van der Waals surface area contributed by atoms with Crippen molar-refractivity contribution < 1.29 is 9.59 Å². The number of carbonyl (C=O) groups excluding carboxylic acids is 2. The lowest BCUT2D eigenvalue weighted by molar-refractivity contribution is -0.114. The Hall–Kier alpha value is -2.24. The van der Waals surface area contributed by atoms with Crippen LogP contribution in [0.3, 0.4) is 0 Å². The van der Waals surface area contributed by atoms with Crippen molar-refractivity contribution in [3.05, 3.63) is 58.1 Å². The van der Waals surface area contributed by atoms with E-state index in [1.807, 2.05) is 13.8 Å². The number of anilines is 2. The minimum atomic E-state index is -0.234. The maximum atomic E-state index is 12.0. The van der Waals surface area contributed by atoms with Crippen LogP contribution in [-0.2, 0) is 4.79 Å². The first-order valence-electron chi connectivity index (χ1n) is 8.28. The molecule has 1 atom stereocenters. The van der Waals surface area contributed by atoms with Crippen molar-refractivity contribution in [2.45, 2.75) is 26.3 Å². The van der Waals surface area contributed by atoms with Gasteiger partial charge in [0.1, 0.15) is 0 Å². The lowest BCUT2D eigenvalue weighted by Crippen LogP contribution is -2.31. The smallest absolute Gasteiger partial charge is 0.251 e. The van der Waals surface area contributed by atoms with Gasteiger partial charge in [-0.05, 0) is 55.8 Å². The molecule has 2 aromatic carbocycles. The first-order valence-corrected chi connectivity index (χ1v) is 9.03. The standard InChI is InChI=1S/C19H21Cl2N3O2/c1-3-12(2)23-19(26)13-4-6-16(7-5-13)22-11-18(25)24-17-9-14(20)8-15(21)10-17/h4-10,12,22H,3,11H2,1-2H3,(H,23,26)(H,24,25). The SMILES string of the molecule is CCC(C)NC(=O)c1ccc(NCC(=O)Nc2cc(Cl)cc(Cl)c2)cc1. The number of benzene rings is 2. The van der Waals surface area contributed by atoms with Gasteiger partial charge in [-0.3, -0.25) is 9.59 Å². The Bertz CT molecular complexity index is 759. The number of rotatable bonds is 7. The predicted molar refractivity (Wildman–Crippen MR) is 107 cm³/mol. The number of nitrogens with one attached hydrogen (secondary N) is 3. The fourth-order valence-corrected chi connectivity index (χ4v) is 2.69. The van der Waals surface area contributed by atoms with Crippen molar-refractivity contribution in [3.63, 3.8) is 0 Å². The molecule has 0 radical (unpaired) electrons. The molecule has 26 heavy (non-hydrogen) atoms. The zero-order chi connectivity index (χ0) is 19.1. The first kappa shape index (κ1) is 20.1. The van der Waals surface area contributed by atoms with Gasteiger partial charge in [-0.15, -0.1) is 0 Å². The monoisotopic (exact) mass is 393 g/mol. The summed E-state index contributed by atoms with van der Waals surface area (Å²) in [6.45, 7) is 4.04. The molecule has 0 heterocycles. The van der Waals surface area contributed by atoms with Gasteiger partial charge in [0.15, 0.2) is 0 Å². The lowest BCUT2D eigenvalue weighted by atomic mass is 10.1. The van der Waals surface area contributed by atoms with Gasteiger partial charge in [0.05, 0.1) is 6.54 Å². The number of carbonyl (C=O) groups is 2. The number of amides is 2. The van der Waals surface area contributed by atoms with E-state index in [0.717, 1.165) is 12.1 Å². The molecule has 0 saturated heterocycles. The van der Waals surface area contributed by atoms with E-state index in [1.54, 1.807) is 42.5 Å². The third-order valence-corrected chi connectivity index (χ3v) is 4.17. The molecule has 0 saturated carbocycles. The highest BCUT2D eigenvalue weighted by molar-refractivity contribution is 6.35. The maximum absolute atomic E-state index is 12.0. The van der Waals surface area contributed by atoms with E-state index in [1.165, 1.54) is 0 Å². The quantitative estimate of drug-likeness (QED) is 0.644. The van der Waals surface area contributed by atoms with E-state index >= 15 is 0 Å². The van der Waals surface area contributed by atoms with Gasteiger partial charge in [0, 0.05) is 33.0 Å². The average Bonchev–Trinajstić information content (AvgIpc) is 2.59. The van der Waals surface area contributed by atoms with Crippen LogP contribution in [0.5, 0.6) is 0 Å². The van der Waals surface area contributed by atoms with Crippen LogP contribution in [0.2, 0.25) is 10.0 Å². The molecule has 1 unspecified atom stereocenters. The van der Waals surface area contributed by atoms with Crippen molar-refractivity contribution in [3.8, 4) is 0 Å². The van der Waals surface area contributed by atoms with Crippen molar-refractivity contribution in [1.82, 2.24) is 5.32 Å². The second-order valence-electron chi connectivity index (χ2n) is 5.92. The number of halogens is 2. The minimum Gasteiger partial charge on any atom is -0.376 e. The summed E-state index contributed by atoms with van der Waals surface area (Å²) in [5.74, 6) is -0.344. The molecule has 0 spiro atoms. The molecule has 0 fully saturated rings. The molecule has 0 aliphatic carbocycles. The highest BCUT2D eigenvalue weighted by Crippen LogP contribution is 2.22. The van der Waals surface area contributed by atoms with E-state index in [2.05, 4.69) is 16.0 Å². The second-order valence-corrected chi connectivity index (χ2v) is 6.79. The van der Waals surface area contributed by atoms with E-state index in [-0.39, 0.29) is 24.4 Å². The van der Waals surface area contributed by atoms with E-state index in [4.69, 9.17) is 23.2 Å². The van der Waals surface area contributed by atoms with Crippen LogP contribution < -0.4 is 16.0 Å². The zero-order valence-electron chi connectivity index (χ0n) is 14.6. The largest absolute Gasteiger partial charge is 0.376 e.